The Labute approximate surface area is 154 Å². The van der Waals surface area contributed by atoms with E-state index in [0.29, 0.717) is 11.6 Å². The molecule has 132 valence electrons. The van der Waals surface area contributed by atoms with E-state index in [9.17, 15) is 0 Å². The first-order valence-corrected chi connectivity index (χ1v) is 8.53. The Morgan fingerprint density at radius 1 is 0.962 bits per heavy atom. The molecule has 0 aliphatic rings. The number of nitrogens with one attached hydrogen (secondary N) is 1. The molecule has 3 rings (SSSR count). The number of aryl methyl sites for hydroxylation is 1. The maximum atomic E-state index is 5.97. The van der Waals surface area contributed by atoms with Crippen molar-refractivity contribution in [2.45, 2.75) is 27.7 Å². The van der Waals surface area contributed by atoms with Gasteiger partial charge in [0, 0.05) is 22.9 Å². The first-order chi connectivity index (χ1) is 12.5. The van der Waals surface area contributed by atoms with E-state index in [1.807, 2.05) is 69.3 Å². The fraction of sp³-hybridized carbons (Fsp3) is 0.190. The highest BCUT2D eigenvalue weighted by Crippen LogP contribution is 2.21. The summed E-state index contributed by atoms with van der Waals surface area (Å²) < 4.78 is 0. The van der Waals surface area contributed by atoms with Crippen molar-refractivity contribution in [2.75, 3.05) is 11.2 Å². The maximum absolute atomic E-state index is 5.97. The lowest BCUT2D eigenvalue weighted by Crippen LogP contribution is -2.06. The summed E-state index contributed by atoms with van der Waals surface area (Å²) in [6, 6.07) is 15.9. The number of benzene rings is 2. The fourth-order valence-corrected chi connectivity index (χ4v) is 2.82. The summed E-state index contributed by atoms with van der Waals surface area (Å²) in [5.41, 5.74) is 15.9. The Hall–Kier alpha value is -3.21. The number of hydrazone groups is 1. The number of anilines is 2. The molecule has 3 N–H and O–H groups in total. The van der Waals surface area contributed by atoms with Gasteiger partial charge in [0.1, 0.15) is 11.6 Å². The predicted molar refractivity (Wildman–Crippen MR) is 108 cm³/mol. The summed E-state index contributed by atoms with van der Waals surface area (Å²) in [7, 11) is 0. The third kappa shape index (κ3) is 3.72. The first-order valence-electron chi connectivity index (χ1n) is 8.53. The molecular formula is C21H23N5. The molecule has 0 spiro atoms. The van der Waals surface area contributed by atoms with Gasteiger partial charge in [-0.05, 0) is 44.9 Å². The van der Waals surface area contributed by atoms with Crippen LogP contribution >= 0.6 is 0 Å². The van der Waals surface area contributed by atoms with Gasteiger partial charge in [-0.15, -0.1) is 0 Å². The Kier molecular flexibility index (Phi) is 4.98. The molecule has 0 radical (unpaired) electrons. The molecule has 2 aromatic carbocycles. The van der Waals surface area contributed by atoms with Crippen LogP contribution in [-0.2, 0) is 0 Å². The van der Waals surface area contributed by atoms with Crippen molar-refractivity contribution in [3.63, 3.8) is 0 Å². The molecule has 0 aliphatic heterocycles. The molecule has 0 bridgehead atoms. The lowest BCUT2D eigenvalue weighted by Gasteiger charge is -2.11. The number of rotatable bonds is 4. The predicted octanol–water partition coefficient (Wildman–Crippen LogP) is 4.49. The second kappa shape index (κ2) is 7.35. The van der Waals surface area contributed by atoms with Crippen molar-refractivity contribution >= 4 is 17.2 Å². The third-order valence-electron chi connectivity index (χ3n) is 4.46. The fourth-order valence-electron chi connectivity index (χ4n) is 2.82. The largest absolute Gasteiger partial charge is 0.399 e. The number of nitrogens with zero attached hydrogens (tertiary/aromatic N) is 3. The maximum Gasteiger partial charge on any atom is 0.150 e. The zero-order chi connectivity index (χ0) is 18.7. The van der Waals surface area contributed by atoms with Crippen molar-refractivity contribution in [3.05, 3.63) is 71.0 Å². The van der Waals surface area contributed by atoms with E-state index in [1.165, 1.54) is 0 Å². The lowest BCUT2D eigenvalue weighted by molar-refractivity contribution is 1.05. The Morgan fingerprint density at radius 3 is 2.42 bits per heavy atom. The summed E-state index contributed by atoms with van der Waals surface area (Å²) in [4.78, 5) is 8.94. The van der Waals surface area contributed by atoms with Gasteiger partial charge in [0.05, 0.1) is 11.4 Å². The monoisotopic (exact) mass is 345 g/mol. The van der Waals surface area contributed by atoms with E-state index in [2.05, 4.69) is 27.4 Å². The molecule has 0 saturated heterocycles. The van der Waals surface area contributed by atoms with Crippen molar-refractivity contribution in [3.8, 4) is 11.3 Å². The molecular weight excluding hydrogens is 322 g/mol. The average molecular weight is 345 g/mol. The van der Waals surface area contributed by atoms with Crippen molar-refractivity contribution < 1.29 is 0 Å². The summed E-state index contributed by atoms with van der Waals surface area (Å²) in [6.45, 7) is 7.93. The van der Waals surface area contributed by atoms with Crippen LogP contribution < -0.4 is 11.2 Å². The van der Waals surface area contributed by atoms with E-state index in [0.717, 1.165) is 39.3 Å². The molecule has 0 saturated carbocycles. The van der Waals surface area contributed by atoms with Crippen LogP contribution in [0.15, 0.2) is 53.6 Å². The molecule has 0 fully saturated rings. The van der Waals surface area contributed by atoms with Crippen LogP contribution in [0.25, 0.3) is 11.3 Å². The topological polar surface area (TPSA) is 76.2 Å². The minimum Gasteiger partial charge on any atom is -0.399 e. The molecule has 5 heteroatoms. The van der Waals surface area contributed by atoms with Crippen LogP contribution in [0.3, 0.4) is 0 Å². The SMILES string of the molecule is C/C(=N\Nc1cc(-c2ccccc2)nc(C)n1)c1ccc(N)c(C)c1C. The van der Waals surface area contributed by atoms with Gasteiger partial charge in [0.2, 0.25) is 0 Å². The van der Waals surface area contributed by atoms with Gasteiger partial charge >= 0.3 is 0 Å². The highest BCUT2D eigenvalue weighted by atomic mass is 15.3. The smallest absolute Gasteiger partial charge is 0.150 e. The minimum absolute atomic E-state index is 0.667. The Bertz CT molecular complexity index is 962. The normalized spacial score (nSPS) is 11.5. The van der Waals surface area contributed by atoms with E-state index in [1.54, 1.807) is 0 Å². The minimum atomic E-state index is 0.667. The standard InChI is InChI=1S/C21H23N5/c1-13-14(2)19(22)11-10-18(13)15(3)25-26-21-12-20(23-16(4)24-21)17-8-6-5-7-9-17/h5-12H,22H2,1-4H3,(H,23,24,26)/b25-15+. The number of nitrogens with two attached hydrogens (primary N) is 1. The van der Waals surface area contributed by atoms with E-state index in [4.69, 9.17) is 5.73 Å². The van der Waals surface area contributed by atoms with Crippen molar-refractivity contribution in [1.29, 1.82) is 0 Å². The van der Waals surface area contributed by atoms with Gasteiger partial charge in [-0.1, -0.05) is 36.4 Å². The van der Waals surface area contributed by atoms with Gasteiger partial charge in [-0.2, -0.15) is 5.10 Å². The molecule has 1 heterocycles. The molecule has 1 aromatic heterocycles. The molecule has 0 amide bonds. The van der Waals surface area contributed by atoms with Crippen LogP contribution in [0, 0.1) is 20.8 Å². The van der Waals surface area contributed by atoms with Gasteiger partial charge < -0.3 is 5.73 Å². The lowest BCUT2D eigenvalue weighted by atomic mass is 9.99. The first kappa shape index (κ1) is 17.6. The van der Waals surface area contributed by atoms with Gasteiger partial charge in [0.15, 0.2) is 0 Å². The zero-order valence-electron chi connectivity index (χ0n) is 15.5. The van der Waals surface area contributed by atoms with Gasteiger partial charge in [0.25, 0.3) is 0 Å². The van der Waals surface area contributed by atoms with Gasteiger partial charge in [-0.3, -0.25) is 5.43 Å². The average Bonchev–Trinajstić information content (AvgIpc) is 2.64. The van der Waals surface area contributed by atoms with Gasteiger partial charge in [-0.25, -0.2) is 9.97 Å². The summed E-state index contributed by atoms with van der Waals surface area (Å²) in [5, 5.41) is 4.51. The van der Waals surface area contributed by atoms with Crippen LogP contribution in [-0.4, -0.2) is 15.7 Å². The van der Waals surface area contributed by atoms with E-state index >= 15 is 0 Å². The quantitative estimate of drug-likeness (QED) is 0.415. The number of hydrogen-bond acceptors (Lipinski definition) is 5. The molecule has 0 aliphatic carbocycles. The number of nitrogen functional groups attached to an aromatic ring is 1. The summed E-state index contributed by atoms with van der Waals surface area (Å²) >= 11 is 0. The molecule has 0 atom stereocenters. The molecule has 3 aromatic rings. The van der Waals surface area contributed by atoms with Crippen molar-refractivity contribution in [2.24, 2.45) is 5.10 Å². The summed E-state index contributed by atoms with van der Waals surface area (Å²) in [6.07, 6.45) is 0. The molecule has 26 heavy (non-hydrogen) atoms. The third-order valence-corrected chi connectivity index (χ3v) is 4.46. The number of hydrogen-bond donors (Lipinski definition) is 2. The van der Waals surface area contributed by atoms with E-state index < -0.39 is 0 Å². The zero-order valence-corrected chi connectivity index (χ0v) is 15.5. The second-order valence-corrected chi connectivity index (χ2v) is 6.31. The van der Waals surface area contributed by atoms with Crippen LogP contribution in [0.1, 0.15) is 29.4 Å². The highest BCUT2D eigenvalue weighted by molar-refractivity contribution is 6.01. The van der Waals surface area contributed by atoms with Crippen LogP contribution in [0.2, 0.25) is 0 Å². The number of aromatic nitrogens is 2. The van der Waals surface area contributed by atoms with Crippen LogP contribution in [0.4, 0.5) is 11.5 Å². The Morgan fingerprint density at radius 2 is 1.69 bits per heavy atom. The van der Waals surface area contributed by atoms with Crippen LogP contribution in [0.5, 0.6) is 0 Å². The highest BCUT2D eigenvalue weighted by Gasteiger charge is 2.08. The molecule has 5 nitrogen and oxygen atoms in total. The second-order valence-electron chi connectivity index (χ2n) is 6.31. The van der Waals surface area contributed by atoms with E-state index in [-0.39, 0.29) is 0 Å². The summed E-state index contributed by atoms with van der Waals surface area (Å²) in [5.74, 6) is 1.36. The Balaban J connectivity index is 1.89. The molecule has 0 unspecified atom stereocenters. The van der Waals surface area contributed by atoms with Crippen molar-refractivity contribution in [1.82, 2.24) is 9.97 Å².